The van der Waals surface area contributed by atoms with Gasteiger partial charge in [0.1, 0.15) is 23.1 Å². The summed E-state index contributed by atoms with van der Waals surface area (Å²) in [6, 6.07) is 4.92. The summed E-state index contributed by atoms with van der Waals surface area (Å²) in [7, 11) is 0. The Morgan fingerprint density at radius 2 is 1.69 bits per heavy atom. The van der Waals surface area contributed by atoms with E-state index in [1.165, 1.54) is 18.5 Å². The van der Waals surface area contributed by atoms with E-state index < -0.39 is 11.6 Å². The highest BCUT2D eigenvalue weighted by Gasteiger charge is 2.03. The third-order valence-electron chi connectivity index (χ3n) is 2.00. The summed E-state index contributed by atoms with van der Waals surface area (Å²) < 4.78 is 25.8. The second-order valence-corrected chi connectivity index (χ2v) is 3.67. The van der Waals surface area contributed by atoms with E-state index in [0.29, 0.717) is 22.8 Å². The Bertz CT molecular complexity index is 497. The molecule has 1 heterocycles. The van der Waals surface area contributed by atoms with Gasteiger partial charge in [0.05, 0.1) is 0 Å². The highest BCUT2D eigenvalue weighted by molar-refractivity contribution is 6.29. The lowest BCUT2D eigenvalue weighted by Crippen LogP contribution is -1.95. The Labute approximate surface area is 95.9 Å². The smallest absolute Gasteiger partial charge is 0.132 e. The topological polar surface area (TPSA) is 25.8 Å². The molecule has 2 nitrogen and oxygen atoms in total. The summed E-state index contributed by atoms with van der Waals surface area (Å²) >= 11 is 5.67. The van der Waals surface area contributed by atoms with Gasteiger partial charge in [0.25, 0.3) is 0 Å². The van der Waals surface area contributed by atoms with E-state index in [1.807, 2.05) is 0 Å². The second kappa shape index (κ2) is 4.53. The first-order valence-electron chi connectivity index (χ1n) is 4.55. The Morgan fingerprint density at radius 1 is 1.00 bits per heavy atom. The standard InChI is InChI=1S/C11H7ClF2N2/c12-11-5-10(15-6-16-11)3-7-1-8(13)4-9(14)2-7/h1-2,4-6H,3H2. The van der Waals surface area contributed by atoms with E-state index in [4.69, 9.17) is 11.6 Å². The van der Waals surface area contributed by atoms with Crippen LogP contribution in [0.2, 0.25) is 5.15 Å². The number of halogens is 3. The van der Waals surface area contributed by atoms with Crippen molar-refractivity contribution in [3.05, 3.63) is 58.6 Å². The first-order valence-corrected chi connectivity index (χ1v) is 4.93. The normalized spacial score (nSPS) is 10.4. The molecule has 0 bridgehead atoms. The monoisotopic (exact) mass is 240 g/mol. The Hall–Kier alpha value is -1.55. The Kier molecular flexibility index (Phi) is 3.10. The molecule has 0 fully saturated rings. The van der Waals surface area contributed by atoms with Crippen LogP contribution in [0.5, 0.6) is 0 Å². The molecule has 5 heteroatoms. The molecule has 1 aromatic carbocycles. The zero-order chi connectivity index (χ0) is 11.5. The molecular formula is C11H7ClF2N2. The number of benzene rings is 1. The van der Waals surface area contributed by atoms with Crippen molar-refractivity contribution in [3.63, 3.8) is 0 Å². The van der Waals surface area contributed by atoms with Crippen LogP contribution in [-0.4, -0.2) is 9.97 Å². The zero-order valence-corrected chi connectivity index (χ0v) is 8.88. The fraction of sp³-hybridized carbons (Fsp3) is 0.0909. The highest BCUT2D eigenvalue weighted by Crippen LogP contribution is 2.13. The van der Waals surface area contributed by atoms with Gasteiger partial charge in [-0.25, -0.2) is 18.7 Å². The minimum absolute atomic E-state index is 0.307. The molecule has 0 atom stereocenters. The fourth-order valence-corrected chi connectivity index (χ4v) is 1.56. The second-order valence-electron chi connectivity index (χ2n) is 3.29. The van der Waals surface area contributed by atoms with Crippen molar-refractivity contribution in [1.29, 1.82) is 0 Å². The number of nitrogens with zero attached hydrogens (tertiary/aromatic N) is 2. The van der Waals surface area contributed by atoms with Gasteiger partial charge in [0.15, 0.2) is 0 Å². The van der Waals surface area contributed by atoms with Gasteiger partial charge in [-0.3, -0.25) is 0 Å². The molecular weight excluding hydrogens is 234 g/mol. The molecule has 0 N–H and O–H groups in total. The Balaban J connectivity index is 2.27. The van der Waals surface area contributed by atoms with Crippen LogP contribution in [0.25, 0.3) is 0 Å². The summed E-state index contributed by atoms with van der Waals surface area (Å²) in [5.74, 6) is -1.20. The molecule has 82 valence electrons. The van der Waals surface area contributed by atoms with Crippen LogP contribution in [0.3, 0.4) is 0 Å². The lowest BCUT2D eigenvalue weighted by Gasteiger charge is -2.02. The van der Waals surface area contributed by atoms with Gasteiger partial charge >= 0.3 is 0 Å². The molecule has 0 aliphatic carbocycles. The van der Waals surface area contributed by atoms with Crippen molar-refractivity contribution in [2.24, 2.45) is 0 Å². The third-order valence-corrected chi connectivity index (χ3v) is 2.20. The summed E-state index contributed by atoms with van der Waals surface area (Å²) in [5, 5.41) is 0.307. The molecule has 2 rings (SSSR count). The molecule has 0 aliphatic heterocycles. The molecule has 0 amide bonds. The quantitative estimate of drug-likeness (QED) is 0.754. The average Bonchev–Trinajstić information content (AvgIpc) is 2.15. The summed E-state index contributed by atoms with van der Waals surface area (Å²) in [6.45, 7) is 0. The molecule has 1 aromatic heterocycles. The van der Waals surface area contributed by atoms with Crippen LogP contribution < -0.4 is 0 Å². The van der Waals surface area contributed by atoms with Gasteiger partial charge in [-0.2, -0.15) is 0 Å². The van der Waals surface area contributed by atoms with Crippen molar-refractivity contribution in [1.82, 2.24) is 9.97 Å². The summed E-state index contributed by atoms with van der Waals surface area (Å²) in [6.07, 6.45) is 1.63. The van der Waals surface area contributed by atoms with Crippen LogP contribution >= 0.6 is 11.6 Å². The first kappa shape index (κ1) is 11.0. The van der Waals surface area contributed by atoms with Crippen LogP contribution in [0.1, 0.15) is 11.3 Å². The fourth-order valence-electron chi connectivity index (χ4n) is 1.39. The van der Waals surface area contributed by atoms with E-state index >= 15 is 0 Å². The van der Waals surface area contributed by atoms with Gasteiger partial charge in [-0.15, -0.1) is 0 Å². The van der Waals surface area contributed by atoms with Crippen molar-refractivity contribution >= 4 is 11.6 Å². The molecule has 0 aliphatic rings. The SMILES string of the molecule is Fc1cc(F)cc(Cc2cc(Cl)ncn2)c1. The maximum atomic E-state index is 12.9. The first-order chi connectivity index (χ1) is 7.63. The lowest BCUT2D eigenvalue weighted by molar-refractivity contribution is 0.580. The van der Waals surface area contributed by atoms with Crippen molar-refractivity contribution in [2.75, 3.05) is 0 Å². The van der Waals surface area contributed by atoms with Gasteiger partial charge in [-0.1, -0.05) is 11.6 Å². The molecule has 0 radical (unpaired) electrons. The summed E-state index contributed by atoms with van der Waals surface area (Å²) in [5.41, 5.74) is 1.12. The lowest BCUT2D eigenvalue weighted by atomic mass is 10.1. The predicted octanol–water partition coefficient (Wildman–Crippen LogP) is 3.00. The van der Waals surface area contributed by atoms with Crippen LogP contribution in [0.15, 0.2) is 30.6 Å². The van der Waals surface area contributed by atoms with Crippen molar-refractivity contribution in [3.8, 4) is 0 Å². The van der Waals surface area contributed by atoms with Crippen LogP contribution in [0, 0.1) is 11.6 Å². The highest BCUT2D eigenvalue weighted by atomic mass is 35.5. The molecule has 0 saturated heterocycles. The minimum Gasteiger partial charge on any atom is -0.241 e. The average molecular weight is 241 g/mol. The molecule has 0 spiro atoms. The molecule has 0 saturated carbocycles. The predicted molar refractivity (Wildman–Crippen MR) is 56.2 cm³/mol. The molecule has 0 unspecified atom stereocenters. The van der Waals surface area contributed by atoms with Gasteiger partial charge in [0.2, 0.25) is 0 Å². The third kappa shape index (κ3) is 2.73. The largest absolute Gasteiger partial charge is 0.241 e. The van der Waals surface area contributed by atoms with E-state index in [0.717, 1.165) is 6.07 Å². The number of hydrogen-bond donors (Lipinski definition) is 0. The van der Waals surface area contributed by atoms with Crippen molar-refractivity contribution < 1.29 is 8.78 Å². The number of rotatable bonds is 2. The van der Waals surface area contributed by atoms with Crippen LogP contribution in [-0.2, 0) is 6.42 Å². The van der Waals surface area contributed by atoms with Gasteiger partial charge < -0.3 is 0 Å². The molecule has 2 aromatic rings. The molecule has 16 heavy (non-hydrogen) atoms. The number of aromatic nitrogens is 2. The van der Waals surface area contributed by atoms with E-state index in [9.17, 15) is 8.78 Å². The maximum absolute atomic E-state index is 12.9. The van der Waals surface area contributed by atoms with Gasteiger partial charge in [0, 0.05) is 18.2 Å². The van der Waals surface area contributed by atoms with Crippen LogP contribution in [0.4, 0.5) is 8.78 Å². The Morgan fingerprint density at radius 3 is 2.31 bits per heavy atom. The maximum Gasteiger partial charge on any atom is 0.132 e. The minimum atomic E-state index is -0.602. The summed E-state index contributed by atoms with van der Waals surface area (Å²) in [4.78, 5) is 7.68. The number of hydrogen-bond acceptors (Lipinski definition) is 2. The van der Waals surface area contributed by atoms with E-state index in [-0.39, 0.29) is 0 Å². The van der Waals surface area contributed by atoms with Gasteiger partial charge in [-0.05, 0) is 23.8 Å². The van der Waals surface area contributed by atoms with E-state index in [1.54, 1.807) is 6.07 Å². The van der Waals surface area contributed by atoms with Crippen molar-refractivity contribution in [2.45, 2.75) is 6.42 Å². The zero-order valence-electron chi connectivity index (χ0n) is 8.12. The van der Waals surface area contributed by atoms with E-state index in [2.05, 4.69) is 9.97 Å².